The molecule has 1 N–H and O–H groups in total. The second kappa shape index (κ2) is 10.4. The Morgan fingerprint density at radius 2 is 1.93 bits per heavy atom. The Morgan fingerprint density at radius 3 is 2.57 bits per heavy atom. The number of rotatable bonds is 6. The van der Waals surface area contributed by atoms with E-state index < -0.39 is 23.6 Å². The van der Waals surface area contributed by atoms with E-state index in [2.05, 4.69) is 5.32 Å². The maximum Gasteiger partial charge on any atom is 0.410 e. The van der Waals surface area contributed by atoms with Crippen LogP contribution in [0, 0.1) is 5.82 Å². The average molecular weight is 422 g/mol. The lowest BCUT2D eigenvalue weighted by Crippen LogP contribution is -2.53. The fourth-order valence-electron chi connectivity index (χ4n) is 3.29. The van der Waals surface area contributed by atoms with Gasteiger partial charge >= 0.3 is 6.09 Å². The van der Waals surface area contributed by atoms with Crippen molar-refractivity contribution in [2.24, 2.45) is 0 Å². The van der Waals surface area contributed by atoms with Gasteiger partial charge < -0.3 is 19.9 Å². The summed E-state index contributed by atoms with van der Waals surface area (Å²) >= 11 is 0. The molecule has 0 saturated carbocycles. The molecule has 1 aliphatic heterocycles. The molecule has 1 saturated heterocycles. The average Bonchev–Trinajstić information content (AvgIpc) is 2.68. The molecule has 0 spiro atoms. The van der Waals surface area contributed by atoms with Gasteiger partial charge in [0.05, 0.1) is 6.04 Å². The van der Waals surface area contributed by atoms with Gasteiger partial charge in [0.25, 0.3) is 0 Å². The Labute approximate surface area is 177 Å². The smallest absolute Gasteiger partial charge is 0.410 e. The molecule has 3 amide bonds. The van der Waals surface area contributed by atoms with Crippen LogP contribution in [0.4, 0.5) is 9.18 Å². The van der Waals surface area contributed by atoms with E-state index >= 15 is 0 Å². The zero-order valence-electron chi connectivity index (χ0n) is 18.2. The van der Waals surface area contributed by atoms with Crippen LogP contribution in [0.5, 0.6) is 0 Å². The van der Waals surface area contributed by atoms with Gasteiger partial charge in [0, 0.05) is 39.0 Å². The lowest BCUT2D eigenvalue weighted by atomic mass is 10.0. The van der Waals surface area contributed by atoms with Gasteiger partial charge in [-0.2, -0.15) is 0 Å². The van der Waals surface area contributed by atoms with Gasteiger partial charge in [-0.05, 0) is 44.9 Å². The summed E-state index contributed by atoms with van der Waals surface area (Å²) in [4.78, 5) is 40.4. The predicted octanol–water partition coefficient (Wildman–Crippen LogP) is 3.25. The highest BCUT2D eigenvalue weighted by molar-refractivity contribution is 5.84. The Hall–Kier alpha value is -2.64. The Morgan fingerprint density at radius 1 is 1.20 bits per heavy atom. The number of carbonyl (C=O) groups is 3. The molecule has 1 aromatic carbocycles. The van der Waals surface area contributed by atoms with Crippen LogP contribution in [0.1, 0.15) is 58.6 Å². The molecule has 0 aliphatic carbocycles. The number of hydrogen-bond donors (Lipinski definition) is 1. The number of amides is 3. The number of benzene rings is 1. The molecule has 1 aromatic rings. The Bertz CT molecular complexity index is 763. The zero-order chi connectivity index (χ0) is 22.3. The summed E-state index contributed by atoms with van der Waals surface area (Å²) in [5, 5.41) is 2.76. The number of nitrogens with one attached hydrogen (secondary N) is 1. The number of carbonyl (C=O) groups excluding carboxylic acids is 3. The fourth-order valence-corrected chi connectivity index (χ4v) is 3.29. The Balaban J connectivity index is 2.13. The number of ether oxygens (including phenoxy) is 1. The van der Waals surface area contributed by atoms with E-state index in [-0.39, 0.29) is 37.7 Å². The Kier molecular flexibility index (Phi) is 8.20. The number of piperazine rings is 1. The monoisotopic (exact) mass is 421 g/mol. The summed E-state index contributed by atoms with van der Waals surface area (Å²) < 4.78 is 19.3. The van der Waals surface area contributed by atoms with Crippen molar-refractivity contribution in [3.63, 3.8) is 0 Å². The molecular weight excluding hydrogens is 389 g/mol. The first-order chi connectivity index (χ1) is 14.1. The predicted molar refractivity (Wildman–Crippen MR) is 111 cm³/mol. The number of hydrogen-bond acceptors (Lipinski definition) is 4. The summed E-state index contributed by atoms with van der Waals surface area (Å²) in [7, 11) is 0. The summed E-state index contributed by atoms with van der Waals surface area (Å²) in [6.07, 6.45) is 0.526. The first-order valence-electron chi connectivity index (χ1n) is 10.4. The van der Waals surface area contributed by atoms with Gasteiger partial charge in [0.2, 0.25) is 11.8 Å². The highest BCUT2D eigenvalue weighted by Gasteiger charge is 2.35. The second-order valence-corrected chi connectivity index (χ2v) is 8.43. The van der Waals surface area contributed by atoms with Crippen molar-refractivity contribution in [1.29, 1.82) is 0 Å². The summed E-state index contributed by atoms with van der Waals surface area (Å²) in [6, 6.07) is 5.52. The van der Waals surface area contributed by atoms with Crippen LogP contribution in [0.15, 0.2) is 24.3 Å². The van der Waals surface area contributed by atoms with Crippen molar-refractivity contribution in [3.05, 3.63) is 35.6 Å². The van der Waals surface area contributed by atoms with E-state index in [0.717, 1.165) is 6.42 Å². The molecule has 1 atom stereocenters. The molecule has 1 fully saturated rings. The highest BCUT2D eigenvalue weighted by atomic mass is 19.1. The lowest BCUT2D eigenvalue weighted by molar-refractivity contribution is -0.138. The van der Waals surface area contributed by atoms with Crippen molar-refractivity contribution in [1.82, 2.24) is 15.1 Å². The van der Waals surface area contributed by atoms with E-state index in [1.165, 1.54) is 12.1 Å². The summed E-state index contributed by atoms with van der Waals surface area (Å²) in [6.45, 7) is 8.71. The van der Waals surface area contributed by atoms with Crippen LogP contribution in [0.2, 0.25) is 0 Å². The second-order valence-electron chi connectivity index (χ2n) is 8.43. The fraction of sp³-hybridized carbons (Fsp3) is 0.591. The third kappa shape index (κ3) is 7.00. The normalized spacial score (nSPS) is 16.9. The van der Waals surface area contributed by atoms with Gasteiger partial charge in [-0.15, -0.1) is 0 Å². The van der Waals surface area contributed by atoms with Crippen molar-refractivity contribution >= 4 is 17.9 Å². The van der Waals surface area contributed by atoms with E-state index in [9.17, 15) is 18.8 Å². The van der Waals surface area contributed by atoms with Gasteiger partial charge in [-0.25, -0.2) is 9.18 Å². The quantitative estimate of drug-likeness (QED) is 0.765. The maximum atomic E-state index is 13.8. The standard InChI is InChI=1S/C22H32FN3O4/c1-5-11-24-19(27)9-10-20(28)26-13-12-25(21(29)30-22(2,3)4)15-18(26)16-7-6-8-17(23)14-16/h6-8,14,18H,5,9-13,15H2,1-4H3,(H,24,27). The minimum absolute atomic E-state index is 0.0633. The van der Waals surface area contributed by atoms with Gasteiger partial charge in [-0.1, -0.05) is 19.1 Å². The molecule has 0 bridgehead atoms. The van der Waals surface area contributed by atoms with Crippen LogP contribution >= 0.6 is 0 Å². The summed E-state index contributed by atoms with van der Waals surface area (Å²) in [5.74, 6) is -0.770. The number of nitrogens with zero attached hydrogens (tertiary/aromatic N) is 2. The van der Waals surface area contributed by atoms with Crippen molar-refractivity contribution in [2.45, 2.75) is 58.6 Å². The third-order valence-corrected chi connectivity index (χ3v) is 4.72. The molecule has 1 heterocycles. The van der Waals surface area contributed by atoms with Crippen molar-refractivity contribution < 1.29 is 23.5 Å². The first kappa shape index (κ1) is 23.6. The molecule has 0 aromatic heterocycles. The molecular formula is C22H32FN3O4. The van der Waals surface area contributed by atoms with E-state index in [4.69, 9.17) is 4.74 Å². The minimum atomic E-state index is -0.635. The molecule has 1 aliphatic rings. The van der Waals surface area contributed by atoms with Crippen LogP contribution < -0.4 is 5.32 Å². The van der Waals surface area contributed by atoms with E-state index in [1.807, 2.05) is 6.92 Å². The summed E-state index contributed by atoms with van der Waals surface area (Å²) in [5.41, 5.74) is -0.0309. The molecule has 2 rings (SSSR count). The lowest BCUT2D eigenvalue weighted by Gasteiger charge is -2.42. The highest BCUT2D eigenvalue weighted by Crippen LogP contribution is 2.28. The van der Waals surface area contributed by atoms with E-state index in [0.29, 0.717) is 18.7 Å². The molecule has 8 heteroatoms. The van der Waals surface area contributed by atoms with E-state index in [1.54, 1.807) is 42.7 Å². The van der Waals surface area contributed by atoms with Crippen LogP contribution in [-0.4, -0.2) is 59.5 Å². The van der Waals surface area contributed by atoms with Crippen LogP contribution in [0.25, 0.3) is 0 Å². The molecule has 166 valence electrons. The largest absolute Gasteiger partial charge is 0.444 e. The first-order valence-corrected chi connectivity index (χ1v) is 10.4. The molecule has 30 heavy (non-hydrogen) atoms. The molecule has 1 unspecified atom stereocenters. The van der Waals surface area contributed by atoms with Crippen molar-refractivity contribution in [2.75, 3.05) is 26.2 Å². The minimum Gasteiger partial charge on any atom is -0.444 e. The van der Waals surface area contributed by atoms with Crippen LogP contribution in [0.3, 0.4) is 0 Å². The van der Waals surface area contributed by atoms with Crippen molar-refractivity contribution in [3.8, 4) is 0 Å². The topological polar surface area (TPSA) is 79.0 Å². The van der Waals surface area contributed by atoms with Gasteiger partial charge in [-0.3, -0.25) is 9.59 Å². The molecule has 7 nitrogen and oxygen atoms in total. The number of halogens is 1. The van der Waals surface area contributed by atoms with Gasteiger partial charge in [0.15, 0.2) is 0 Å². The molecule has 0 radical (unpaired) electrons. The maximum absolute atomic E-state index is 13.8. The zero-order valence-corrected chi connectivity index (χ0v) is 18.2. The third-order valence-electron chi connectivity index (χ3n) is 4.72. The SMILES string of the molecule is CCCNC(=O)CCC(=O)N1CCN(C(=O)OC(C)(C)C)CC1c1cccc(F)c1. The van der Waals surface area contributed by atoms with Crippen LogP contribution in [-0.2, 0) is 14.3 Å². The van der Waals surface area contributed by atoms with Gasteiger partial charge in [0.1, 0.15) is 11.4 Å².